The lowest BCUT2D eigenvalue weighted by molar-refractivity contribution is -0.114. The Bertz CT molecular complexity index is 771. The summed E-state index contributed by atoms with van der Waals surface area (Å²) in [7, 11) is 0. The third kappa shape index (κ3) is 2.33. The molecule has 1 N–H and O–H groups in total. The van der Waals surface area contributed by atoms with E-state index in [-0.39, 0.29) is 5.91 Å². The predicted molar refractivity (Wildman–Crippen MR) is 77.1 cm³/mol. The second-order valence-electron chi connectivity index (χ2n) is 4.31. The number of fused-ring (bicyclic) bond motifs is 1. The third-order valence-corrected chi connectivity index (χ3v) is 2.79. The number of hydrogen-bond acceptors (Lipinski definition) is 4. The van der Waals surface area contributed by atoms with Gasteiger partial charge >= 0.3 is 0 Å². The van der Waals surface area contributed by atoms with Crippen molar-refractivity contribution in [2.45, 2.75) is 6.92 Å². The van der Waals surface area contributed by atoms with Gasteiger partial charge in [0.05, 0.1) is 5.52 Å². The molecule has 0 radical (unpaired) electrons. The molecular weight excluding hydrogens is 252 g/mol. The molecular formula is C15H12N4O. The van der Waals surface area contributed by atoms with E-state index in [9.17, 15) is 4.79 Å². The van der Waals surface area contributed by atoms with Crippen LogP contribution >= 0.6 is 0 Å². The number of rotatable bonds is 2. The monoisotopic (exact) mass is 264 g/mol. The Morgan fingerprint density at radius 3 is 2.60 bits per heavy atom. The highest BCUT2D eigenvalue weighted by Crippen LogP contribution is 2.23. The fourth-order valence-electron chi connectivity index (χ4n) is 1.95. The van der Waals surface area contributed by atoms with Gasteiger partial charge in [-0.05, 0) is 24.3 Å². The van der Waals surface area contributed by atoms with E-state index in [0.717, 1.165) is 10.9 Å². The lowest BCUT2D eigenvalue weighted by Crippen LogP contribution is -2.09. The fourth-order valence-corrected chi connectivity index (χ4v) is 1.95. The summed E-state index contributed by atoms with van der Waals surface area (Å²) in [4.78, 5) is 24.5. The highest BCUT2D eigenvalue weighted by Gasteiger charge is 2.10. The molecule has 0 saturated heterocycles. The van der Waals surface area contributed by atoms with Gasteiger partial charge in [-0.1, -0.05) is 18.2 Å². The molecule has 2 heterocycles. The van der Waals surface area contributed by atoms with Crippen LogP contribution in [-0.4, -0.2) is 20.9 Å². The first-order valence-corrected chi connectivity index (χ1v) is 6.20. The third-order valence-electron chi connectivity index (χ3n) is 2.79. The van der Waals surface area contributed by atoms with Crippen LogP contribution < -0.4 is 5.32 Å². The van der Waals surface area contributed by atoms with Crippen LogP contribution in [0.4, 0.5) is 5.82 Å². The number of benzene rings is 1. The second-order valence-corrected chi connectivity index (χ2v) is 4.31. The zero-order chi connectivity index (χ0) is 13.9. The Balaban J connectivity index is 2.22. The summed E-state index contributed by atoms with van der Waals surface area (Å²) in [5, 5.41) is 3.55. The van der Waals surface area contributed by atoms with Crippen LogP contribution in [0.2, 0.25) is 0 Å². The van der Waals surface area contributed by atoms with Gasteiger partial charge in [0.15, 0.2) is 5.82 Å². The van der Waals surface area contributed by atoms with E-state index in [1.807, 2.05) is 42.5 Å². The summed E-state index contributed by atoms with van der Waals surface area (Å²) in [5.74, 6) is 0.831. The van der Waals surface area contributed by atoms with Crippen LogP contribution in [0.1, 0.15) is 6.92 Å². The number of aromatic nitrogens is 3. The quantitative estimate of drug-likeness (QED) is 0.772. The highest BCUT2D eigenvalue weighted by atomic mass is 16.1. The summed E-state index contributed by atoms with van der Waals surface area (Å²) in [5.41, 5.74) is 1.44. The van der Waals surface area contributed by atoms with Crippen LogP contribution in [-0.2, 0) is 4.79 Å². The average Bonchev–Trinajstić information content (AvgIpc) is 2.47. The van der Waals surface area contributed by atoms with E-state index < -0.39 is 0 Å². The minimum atomic E-state index is -0.166. The minimum Gasteiger partial charge on any atom is -0.310 e. The smallest absolute Gasteiger partial charge is 0.222 e. The second kappa shape index (κ2) is 5.05. The first kappa shape index (κ1) is 12.2. The molecule has 5 heteroatoms. The molecule has 0 unspecified atom stereocenters. The topological polar surface area (TPSA) is 67.8 Å². The number of carbonyl (C=O) groups excluding carboxylic acids is 1. The van der Waals surface area contributed by atoms with Crippen molar-refractivity contribution >= 4 is 22.6 Å². The SMILES string of the molecule is CC(=O)Nc1nc(-c2ccccn2)nc2ccccc12. The molecule has 5 nitrogen and oxygen atoms in total. The first-order valence-electron chi connectivity index (χ1n) is 6.20. The number of amides is 1. The molecule has 3 rings (SSSR count). The number of para-hydroxylation sites is 1. The summed E-state index contributed by atoms with van der Waals surface area (Å²) in [6, 6.07) is 13.1. The van der Waals surface area contributed by atoms with E-state index in [2.05, 4.69) is 20.3 Å². The van der Waals surface area contributed by atoms with Gasteiger partial charge < -0.3 is 5.32 Å². The minimum absolute atomic E-state index is 0.166. The summed E-state index contributed by atoms with van der Waals surface area (Å²) < 4.78 is 0. The average molecular weight is 264 g/mol. The van der Waals surface area contributed by atoms with Crippen molar-refractivity contribution in [3.8, 4) is 11.5 Å². The van der Waals surface area contributed by atoms with Crippen molar-refractivity contribution < 1.29 is 4.79 Å². The fraction of sp³-hybridized carbons (Fsp3) is 0.0667. The highest BCUT2D eigenvalue weighted by molar-refractivity contribution is 5.98. The van der Waals surface area contributed by atoms with Crippen LogP contribution in [0.3, 0.4) is 0 Å². The molecule has 1 aromatic carbocycles. The van der Waals surface area contributed by atoms with Gasteiger partial charge in [-0.2, -0.15) is 0 Å². The van der Waals surface area contributed by atoms with Crippen molar-refractivity contribution in [3.05, 3.63) is 48.7 Å². The summed E-state index contributed by atoms with van der Waals surface area (Å²) >= 11 is 0. The number of nitrogens with zero attached hydrogens (tertiary/aromatic N) is 3. The van der Waals surface area contributed by atoms with E-state index in [1.54, 1.807) is 6.20 Å². The summed E-state index contributed by atoms with van der Waals surface area (Å²) in [6.07, 6.45) is 1.69. The molecule has 98 valence electrons. The van der Waals surface area contributed by atoms with E-state index in [4.69, 9.17) is 0 Å². The van der Waals surface area contributed by atoms with Gasteiger partial charge in [0.1, 0.15) is 11.5 Å². The first-order chi connectivity index (χ1) is 9.74. The van der Waals surface area contributed by atoms with Crippen LogP contribution in [0.5, 0.6) is 0 Å². The van der Waals surface area contributed by atoms with Crippen molar-refractivity contribution in [1.29, 1.82) is 0 Å². The molecule has 3 aromatic rings. The summed E-state index contributed by atoms with van der Waals surface area (Å²) in [6.45, 7) is 1.46. The number of nitrogens with one attached hydrogen (secondary N) is 1. The lowest BCUT2D eigenvalue weighted by atomic mass is 10.2. The number of anilines is 1. The van der Waals surface area contributed by atoms with E-state index in [1.165, 1.54) is 6.92 Å². The largest absolute Gasteiger partial charge is 0.310 e. The molecule has 0 atom stereocenters. The molecule has 0 saturated carbocycles. The van der Waals surface area contributed by atoms with Gasteiger partial charge in [-0.3, -0.25) is 9.78 Å². The molecule has 0 aliphatic carbocycles. The van der Waals surface area contributed by atoms with Gasteiger partial charge in [-0.25, -0.2) is 9.97 Å². The van der Waals surface area contributed by atoms with Gasteiger partial charge in [-0.15, -0.1) is 0 Å². The molecule has 0 aliphatic heterocycles. The maximum Gasteiger partial charge on any atom is 0.222 e. The van der Waals surface area contributed by atoms with Crippen LogP contribution in [0, 0.1) is 0 Å². The predicted octanol–water partition coefficient (Wildman–Crippen LogP) is 2.65. The Hall–Kier alpha value is -2.82. The maximum atomic E-state index is 11.3. The van der Waals surface area contributed by atoms with Crippen molar-refractivity contribution in [2.24, 2.45) is 0 Å². The Kier molecular flexibility index (Phi) is 3.09. The molecule has 1 amide bonds. The van der Waals surface area contributed by atoms with Crippen molar-refractivity contribution in [2.75, 3.05) is 5.32 Å². The number of hydrogen-bond donors (Lipinski definition) is 1. The Morgan fingerprint density at radius 2 is 1.85 bits per heavy atom. The Labute approximate surface area is 115 Å². The lowest BCUT2D eigenvalue weighted by Gasteiger charge is -2.08. The van der Waals surface area contributed by atoms with Crippen LogP contribution in [0.25, 0.3) is 22.4 Å². The zero-order valence-corrected chi connectivity index (χ0v) is 10.9. The molecule has 0 fully saturated rings. The number of pyridine rings is 1. The van der Waals surface area contributed by atoms with E-state index >= 15 is 0 Å². The molecule has 0 spiro atoms. The van der Waals surface area contributed by atoms with E-state index in [0.29, 0.717) is 17.3 Å². The molecule has 20 heavy (non-hydrogen) atoms. The Morgan fingerprint density at radius 1 is 1.05 bits per heavy atom. The maximum absolute atomic E-state index is 11.3. The van der Waals surface area contributed by atoms with Crippen LogP contribution in [0.15, 0.2) is 48.7 Å². The molecule has 2 aromatic heterocycles. The standard InChI is InChI=1S/C15H12N4O/c1-10(20)17-14-11-6-2-3-7-12(11)18-15(19-14)13-8-4-5-9-16-13/h2-9H,1H3,(H,17,18,19,20). The normalized spacial score (nSPS) is 10.4. The van der Waals surface area contributed by atoms with Crippen molar-refractivity contribution in [1.82, 2.24) is 15.0 Å². The van der Waals surface area contributed by atoms with Crippen molar-refractivity contribution in [3.63, 3.8) is 0 Å². The number of carbonyl (C=O) groups is 1. The zero-order valence-electron chi connectivity index (χ0n) is 10.9. The molecule has 0 bridgehead atoms. The van der Waals surface area contributed by atoms with Gasteiger partial charge in [0.2, 0.25) is 5.91 Å². The van der Waals surface area contributed by atoms with Gasteiger partial charge in [0.25, 0.3) is 0 Å². The molecule has 0 aliphatic rings. The van der Waals surface area contributed by atoms with Gasteiger partial charge in [0, 0.05) is 18.5 Å².